The van der Waals surface area contributed by atoms with E-state index in [9.17, 15) is 16.8 Å². The van der Waals surface area contributed by atoms with E-state index >= 15 is 0 Å². The molecule has 0 radical (unpaired) electrons. The Morgan fingerprint density at radius 3 is 2.12 bits per heavy atom. The number of anilines is 1. The number of ether oxygens (including phenoxy) is 1. The average molecular weight is 369 g/mol. The number of para-hydroxylation sites is 1. The second-order valence-corrected chi connectivity index (χ2v) is 8.94. The Bertz CT molecular complexity index is 922. The Kier molecular flexibility index (Phi) is 5.19. The molecule has 0 bridgehead atoms. The molecule has 0 spiro atoms. The maximum atomic E-state index is 13.1. The molecule has 0 fully saturated rings. The molecule has 8 heteroatoms. The van der Waals surface area contributed by atoms with Crippen LogP contribution in [0.5, 0.6) is 5.75 Å². The standard InChI is InChI=1S/C16H19NO5S2/c1-4-17(13-8-6-5-7-9-13)24(20,21)16-12-14(23(3,18)19)10-11-15(16)22-2/h5-12H,4H2,1-3H3. The number of sulfonamides is 1. The van der Waals surface area contributed by atoms with Crippen LogP contribution in [0.4, 0.5) is 5.69 Å². The highest BCUT2D eigenvalue weighted by molar-refractivity contribution is 7.93. The maximum Gasteiger partial charge on any atom is 0.268 e. The lowest BCUT2D eigenvalue weighted by molar-refractivity contribution is 0.402. The van der Waals surface area contributed by atoms with Crippen LogP contribution in [-0.4, -0.2) is 36.7 Å². The van der Waals surface area contributed by atoms with E-state index in [2.05, 4.69) is 0 Å². The molecule has 0 amide bonds. The van der Waals surface area contributed by atoms with E-state index in [4.69, 9.17) is 4.74 Å². The normalized spacial score (nSPS) is 12.0. The summed E-state index contributed by atoms with van der Waals surface area (Å²) in [7, 11) is -6.19. The molecule has 2 aromatic carbocycles. The van der Waals surface area contributed by atoms with Crippen molar-refractivity contribution >= 4 is 25.5 Å². The van der Waals surface area contributed by atoms with Gasteiger partial charge >= 0.3 is 0 Å². The van der Waals surface area contributed by atoms with Gasteiger partial charge < -0.3 is 4.74 Å². The third-order valence-corrected chi connectivity index (χ3v) is 6.50. The number of sulfone groups is 1. The van der Waals surface area contributed by atoms with E-state index < -0.39 is 19.9 Å². The van der Waals surface area contributed by atoms with Crippen LogP contribution in [0, 0.1) is 0 Å². The van der Waals surface area contributed by atoms with Crippen LogP contribution in [0.3, 0.4) is 0 Å². The molecule has 0 aliphatic rings. The summed E-state index contributed by atoms with van der Waals surface area (Å²) in [5.74, 6) is 0.0942. The lowest BCUT2D eigenvalue weighted by atomic mass is 10.3. The van der Waals surface area contributed by atoms with Gasteiger partial charge in [0, 0.05) is 12.8 Å². The maximum absolute atomic E-state index is 13.1. The summed E-state index contributed by atoms with van der Waals surface area (Å²) in [6.07, 6.45) is 1.03. The van der Waals surface area contributed by atoms with Crippen LogP contribution in [0.25, 0.3) is 0 Å². The summed E-state index contributed by atoms with van der Waals surface area (Å²) < 4.78 is 56.0. The van der Waals surface area contributed by atoms with Gasteiger partial charge in [0.2, 0.25) is 0 Å². The minimum Gasteiger partial charge on any atom is -0.495 e. The fourth-order valence-corrected chi connectivity index (χ4v) is 4.67. The van der Waals surface area contributed by atoms with Crippen molar-refractivity contribution in [1.82, 2.24) is 0 Å². The molecular formula is C16H19NO5S2. The fourth-order valence-electron chi connectivity index (χ4n) is 2.29. The lowest BCUT2D eigenvalue weighted by Gasteiger charge is -2.24. The zero-order valence-electron chi connectivity index (χ0n) is 13.6. The van der Waals surface area contributed by atoms with Crippen molar-refractivity contribution in [2.24, 2.45) is 0 Å². The van der Waals surface area contributed by atoms with Crippen molar-refractivity contribution < 1.29 is 21.6 Å². The SMILES string of the molecule is CCN(c1ccccc1)S(=O)(=O)c1cc(S(C)(=O)=O)ccc1OC. The molecule has 0 aromatic heterocycles. The van der Waals surface area contributed by atoms with Crippen LogP contribution in [0.1, 0.15) is 6.92 Å². The fraction of sp³-hybridized carbons (Fsp3) is 0.250. The second kappa shape index (κ2) is 6.82. The molecular weight excluding hydrogens is 350 g/mol. The van der Waals surface area contributed by atoms with Gasteiger partial charge in [-0.3, -0.25) is 4.31 Å². The first-order chi connectivity index (χ1) is 11.2. The molecule has 2 aromatic rings. The zero-order chi connectivity index (χ0) is 18.0. The molecule has 0 unspecified atom stereocenters. The number of benzene rings is 2. The topological polar surface area (TPSA) is 80.8 Å². The third kappa shape index (κ3) is 3.54. The Balaban J connectivity index is 2.67. The van der Waals surface area contributed by atoms with E-state index in [0.29, 0.717) is 5.69 Å². The van der Waals surface area contributed by atoms with Gasteiger partial charge in [-0.25, -0.2) is 16.8 Å². The van der Waals surface area contributed by atoms with Crippen molar-refractivity contribution in [1.29, 1.82) is 0 Å². The van der Waals surface area contributed by atoms with E-state index in [-0.39, 0.29) is 22.1 Å². The summed E-state index contributed by atoms with van der Waals surface area (Å²) in [5, 5.41) is 0. The zero-order valence-corrected chi connectivity index (χ0v) is 15.3. The smallest absolute Gasteiger partial charge is 0.268 e. The predicted molar refractivity (Wildman–Crippen MR) is 92.8 cm³/mol. The molecule has 0 saturated heterocycles. The van der Waals surface area contributed by atoms with Gasteiger partial charge in [0.1, 0.15) is 10.6 Å². The molecule has 0 aliphatic heterocycles. The number of rotatable bonds is 6. The number of methoxy groups -OCH3 is 1. The van der Waals surface area contributed by atoms with Crippen LogP contribution in [0.2, 0.25) is 0 Å². The second-order valence-electron chi connectivity index (χ2n) is 5.09. The van der Waals surface area contributed by atoms with Gasteiger partial charge in [-0.2, -0.15) is 0 Å². The Morgan fingerprint density at radius 1 is 1.00 bits per heavy atom. The highest BCUT2D eigenvalue weighted by Gasteiger charge is 2.28. The Hall–Kier alpha value is -2.06. The summed E-state index contributed by atoms with van der Waals surface area (Å²) in [6, 6.07) is 12.4. The van der Waals surface area contributed by atoms with Gasteiger partial charge in [-0.15, -0.1) is 0 Å². The molecule has 2 rings (SSSR count). The lowest BCUT2D eigenvalue weighted by Crippen LogP contribution is -2.31. The van der Waals surface area contributed by atoms with Crippen LogP contribution >= 0.6 is 0 Å². The van der Waals surface area contributed by atoms with Crippen molar-refractivity contribution in [2.75, 3.05) is 24.2 Å². The summed E-state index contributed by atoms with van der Waals surface area (Å²) in [6.45, 7) is 1.90. The summed E-state index contributed by atoms with van der Waals surface area (Å²) in [4.78, 5) is -0.260. The van der Waals surface area contributed by atoms with Crippen LogP contribution in [0.15, 0.2) is 58.3 Å². The Labute approximate surface area is 142 Å². The first-order valence-electron chi connectivity index (χ1n) is 7.17. The van der Waals surface area contributed by atoms with Crippen LogP contribution < -0.4 is 9.04 Å². The molecule has 0 saturated carbocycles. The molecule has 0 aliphatic carbocycles. The molecule has 24 heavy (non-hydrogen) atoms. The highest BCUT2D eigenvalue weighted by Crippen LogP contribution is 2.31. The van der Waals surface area contributed by atoms with Gasteiger partial charge in [0.25, 0.3) is 10.0 Å². The summed E-state index contributed by atoms with van der Waals surface area (Å²) in [5.41, 5.74) is 0.492. The van der Waals surface area contributed by atoms with Gasteiger partial charge in [0.15, 0.2) is 9.84 Å². The third-order valence-electron chi connectivity index (χ3n) is 3.46. The largest absolute Gasteiger partial charge is 0.495 e. The number of nitrogens with zero attached hydrogens (tertiary/aromatic N) is 1. The van der Waals surface area contributed by atoms with Crippen molar-refractivity contribution in [3.05, 3.63) is 48.5 Å². The monoisotopic (exact) mass is 369 g/mol. The van der Waals surface area contributed by atoms with Gasteiger partial charge in [-0.05, 0) is 37.3 Å². The van der Waals surface area contributed by atoms with E-state index in [1.807, 2.05) is 0 Å². The molecule has 130 valence electrons. The summed E-state index contributed by atoms with van der Waals surface area (Å²) >= 11 is 0. The quantitative estimate of drug-likeness (QED) is 0.780. The van der Waals surface area contributed by atoms with Crippen molar-refractivity contribution in [3.8, 4) is 5.75 Å². The number of hydrogen-bond donors (Lipinski definition) is 0. The molecule has 6 nitrogen and oxygen atoms in total. The number of hydrogen-bond acceptors (Lipinski definition) is 5. The van der Waals surface area contributed by atoms with E-state index in [1.165, 1.54) is 23.5 Å². The first-order valence-corrected chi connectivity index (χ1v) is 10.5. The van der Waals surface area contributed by atoms with Gasteiger partial charge in [0.05, 0.1) is 17.7 Å². The Morgan fingerprint density at radius 2 is 1.62 bits per heavy atom. The minimum absolute atomic E-state index is 0.0778. The first kappa shape index (κ1) is 18.3. The van der Waals surface area contributed by atoms with Crippen molar-refractivity contribution in [3.63, 3.8) is 0 Å². The molecule has 0 N–H and O–H groups in total. The minimum atomic E-state index is -3.99. The van der Waals surface area contributed by atoms with E-state index in [1.54, 1.807) is 37.3 Å². The average Bonchev–Trinajstić information content (AvgIpc) is 2.54. The van der Waals surface area contributed by atoms with Gasteiger partial charge in [-0.1, -0.05) is 18.2 Å². The highest BCUT2D eigenvalue weighted by atomic mass is 32.2. The molecule has 0 atom stereocenters. The van der Waals surface area contributed by atoms with Crippen molar-refractivity contribution in [2.45, 2.75) is 16.7 Å². The van der Waals surface area contributed by atoms with Crippen LogP contribution in [-0.2, 0) is 19.9 Å². The molecule has 0 heterocycles. The van der Waals surface area contributed by atoms with E-state index in [0.717, 1.165) is 12.3 Å². The predicted octanol–water partition coefficient (Wildman–Crippen LogP) is 2.31.